The molecule has 118 valence electrons. The molecule has 0 atom stereocenters. The van der Waals surface area contributed by atoms with Crippen molar-refractivity contribution >= 4 is 11.8 Å². The maximum Gasteiger partial charge on any atom is 0.407 e. The van der Waals surface area contributed by atoms with E-state index >= 15 is 0 Å². The number of aromatic nitrogens is 2. The van der Waals surface area contributed by atoms with Crippen LogP contribution in [0.4, 0.5) is 10.5 Å². The maximum atomic E-state index is 11.2. The summed E-state index contributed by atoms with van der Waals surface area (Å²) in [6.07, 6.45) is 0.266. The first-order valence-electron chi connectivity index (χ1n) is 6.70. The number of carbonyl (C=O) groups is 1. The van der Waals surface area contributed by atoms with Crippen molar-refractivity contribution in [1.82, 2.24) is 14.7 Å². The summed E-state index contributed by atoms with van der Waals surface area (Å²) in [6, 6.07) is 2.01. The summed E-state index contributed by atoms with van der Waals surface area (Å²) in [7, 11) is 0. The molecule has 0 saturated carbocycles. The van der Waals surface area contributed by atoms with Gasteiger partial charge >= 0.3 is 11.8 Å². The van der Waals surface area contributed by atoms with Crippen molar-refractivity contribution in [2.75, 3.05) is 13.1 Å². The van der Waals surface area contributed by atoms with Crippen molar-refractivity contribution < 1.29 is 14.8 Å². The average Bonchev–Trinajstić information content (AvgIpc) is 2.77. The van der Waals surface area contributed by atoms with Crippen molar-refractivity contribution in [1.29, 1.82) is 5.26 Å². The highest BCUT2D eigenvalue weighted by atomic mass is 16.6. The maximum absolute atomic E-state index is 11.2. The second-order valence-electron chi connectivity index (χ2n) is 6.51. The van der Waals surface area contributed by atoms with Gasteiger partial charge in [0.2, 0.25) is 0 Å². The molecule has 2 heterocycles. The Morgan fingerprint density at radius 1 is 1.59 bits per heavy atom. The Morgan fingerprint density at radius 3 is 2.55 bits per heavy atom. The molecule has 0 radical (unpaired) electrons. The Labute approximate surface area is 126 Å². The van der Waals surface area contributed by atoms with Gasteiger partial charge in [-0.25, -0.2) is 4.79 Å². The third-order valence-corrected chi connectivity index (χ3v) is 3.74. The molecule has 9 heteroatoms. The number of nitro groups is 1. The van der Waals surface area contributed by atoms with Crippen LogP contribution in [0.15, 0.2) is 6.20 Å². The smallest absolute Gasteiger partial charge is 0.407 e. The highest BCUT2D eigenvalue weighted by molar-refractivity contribution is 5.66. The molecule has 0 aliphatic carbocycles. The van der Waals surface area contributed by atoms with Crippen LogP contribution in [-0.2, 0) is 11.0 Å². The van der Waals surface area contributed by atoms with E-state index < -0.39 is 22.0 Å². The van der Waals surface area contributed by atoms with E-state index in [9.17, 15) is 14.9 Å². The number of likely N-dealkylation sites (tertiary alicyclic amines) is 1. The molecule has 0 bridgehead atoms. The number of hydrogen-bond donors (Lipinski definition) is 1. The zero-order valence-corrected chi connectivity index (χ0v) is 12.6. The Kier molecular flexibility index (Phi) is 3.56. The average molecular weight is 307 g/mol. The van der Waals surface area contributed by atoms with Crippen molar-refractivity contribution in [3.05, 3.63) is 22.0 Å². The number of nitriles is 1. The first kappa shape index (κ1) is 15.8. The minimum Gasteiger partial charge on any atom is -0.465 e. The third kappa shape index (κ3) is 2.47. The predicted octanol–water partition coefficient (Wildman–Crippen LogP) is 1.69. The lowest BCUT2D eigenvalue weighted by molar-refractivity contribution is -0.386. The van der Waals surface area contributed by atoms with Crippen LogP contribution in [0.5, 0.6) is 0 Å². The van der Waals surface area contributed by atoms with E-state index in [0.29, 0.717) is 5.69 Å². The van der Waals surface area contributed by atoms with Crippen LogP contribution in [0.3, 0.4) is 0 Å². The lowest BCUT2D eigenvalue weighted by Crippen LogP contribution is -2.64. The van der Waals surface area contributed by atoms with E-state index in [0.717, 1.165) is 4.90 Å². The van der Waals surface area contributed by atoms with Gasteiger partial charge in [0.25, 0.3) is 0 Å². The Bertz CT molecular complexity index is 661. The summed E-state index contributed by atoms with van der Waals surface area (Å²) in [4.78, 5) is 22.8. The van der Waals surface area contributed by atoms with Crippen molar-refractivity contribution in [3.8, 4) is 6.07 Å². The summed E-state index contributed by atoms with van der Waals surface area (Å²) < 4.78 is 1.40. The van der Waals surface area contributed by atoms with E-state index in [1.807, 2.05) is 26.8 Å². The SMILES string of the molecule is CC(C)(C)c1nn(C2(CC#N)CN(C(=O)O)C2)cc1[N+](=O)[O-]. The van der Waals surface area contributed by atoms with Crippen LogP contribution < -0.4 is 0 Å². The standard InChI is InChI=1S/C13H17N5O4/c1-12(2,3)10-9(18(21)22)6-17(15-10)13(4-5-14)7-16(8-13)11(19)20/h6H,4,7-8H2,1-3H3,(H,19,20). The van der Waals surface area contributed by atoms with Gasteiger partial charge in [0.15, 0.2) is 0 Å². The van der Waals surface area contributed by atoms with Gasteiger partial charge in [0.05, 0.1) is 30.5 Å². The first-order chi connectivity index (χ1) is 10.1. The fourth-order valence-electron chi connectivity index (χ4n) is 2.56. The molecular weight excluding hydrogens is 290 g/mol. The van der Waals surface area contributed by atoms with Crippen molar-refractivity contribution in [3.63, 3.8) is 0 Å². The quantitative estimate of drug-likeness (QED) is 0.669. The molecule has 1 aliphatic rings. The Morgan fingerprint density at radius 2 is 2.18 bits per heavy atom. The van der Waals surface area contributed by atoms with E-state index in [2.05, 4.69) is 5.10 Å². The molecule has 1 fully saturated rings. The highest BCUT2D eigenvalue weighted by Crippen LogP contribution is 2.37. The molecule has 1 aliphatic heterocycles. The van der Waals surface area contributed by atoms with Gasteiger partial charge in [-0.05, 0) is 0 Å². The van der Waals surface area contributed by atoms with Crippen molar-refractivity contribution in [2.45, 2.75) is 38.1 Å². The highest BCUT2D eigenvalue weighted by Gasteiger charge is 2.49. The summed E-state index contributed by atoms with van der Waals surface area (Å²) in [5.74, 6) is 0. The first-order valence-corrected chi connectivity index (χ1v) is 6.70. The molecule has 0 spiro atoms. The topological polar surface area (TPSA) is 125 Å². The number of amides is 1. The zero-order valence-electron chi connectivity index (χ0n) is 12.6. The summed E-state index contributed by atoms with van der Waals surface area (Å²) in [6.45, 7) is 5.63. The van der Waals surface area contributed by atoms with E-state index in [-0.39, 0.29) is 25.2 Å². The zero-order chi connectivity index (χ0) is 16.7. The van der Waals surface area contributed by atoms with Gasteiger partial charge in [-0.15, -0.1) is 0 Å². The molecule has 1 aromatic heterocycles. The van der Waals surface area contributed by atoms with Gasteiger partial charge < -0.3 is 10.0 Å². The number of carboxylic acid groups (broad SMARTS) is 1. The molecule has 9 nitrogen and oxygen atoms in total. The summed E-state index contributed by atoms with van der Waals surface area (Å²) >= 11 is 0. The lowest BCUT2D eigenvalue weighted by atomic mass is 9.87. The number of nitrogens with zero attached hydrogens (tertiary/aromatic N) is 5. The van der Waals surface area contributed by atoms with Crippen LogP contribution in [0.25, 0.3) is 0 Å². The molecular formula is C13H17N5O4. The second-order valence-corrected chi connectivity index (χ2v) is 6.51. The van der Waals surface area contributed by atoms with E-state index in [4.69, 9.17) is 10.4 Å². The fraction of sp³-hybridized carbons (Fsp3) is 0.615. The Balaban J connectivity index is 2.45. The minimum absolute atomic E-state index is 0.0409. The molecule has 1 aromatic rings. The molecule has 1 N–H and O–H groups in total. The van der Waals surface area contributed by atoms with Gasteiger partial charge in [-0.3, -0.25) is 14.8 Å². The third-order valence-electron chi connectivity index (χ3n) is 3.74. The lowest BCUT2D eigenvalue weighted by Gasteiger charge is -2.47. The number of hydrogen-bond acceptors (Lipinski definition) is 5. The van der Waals surface area contributed by atoms with E-state index in [1.165, 1.54) is 10.9 Å². The molecule has 0 unspecified atom stereocenters. The van der Waals surface area contributed by atoms with Crippen LogP contribution >= 0.6 is 0 Å². The van der Waals surface area contributed by atoms with Gasteiger partial charge in [-0.2, -0.15) is 10.4 Å². The van der Waals surface area contributed by atoms with Crippen LogP contribution in [0.2, 0.25) is 0 Å². The molecule has 1 saturated heterocycles. The largest absolute Gasteiger partial charge is 0.465 e. The van der Waals surface area contributed by atoms with Crippen LogP contribution in [0, 0.1) is 21.4 Å². The summed E-state index contributed by atoms with van der Waals surface area (Å²) in [5.41, 5.74) is -1.15. The molecule has 1 amide bonds. The second kappa shape index (κ2) is 4.98. The fourth-order valence-corrected chi connectivity index (χ4v) is 2.56. The molecule has 0 aromatic carbocycles. The van der Waals surface area contributed by atoms with Crippen molar-refractivity contribution in [2.24, 2.45) is 0 Å². The van der Waals surface area contributed by atoms with Crippen LogP contribution in [0.1, 0.15) is 32.9 Å². The summed E-state index contributed by atoms with van der Waals surface area (Å²) in [5, 5.41) is 33.5. The normalized spacial score (nSPS) is 16.7. The minimum atomic E-state index is -1.08. The Hall–Kier alpha value is -2.63. The molecule has 22 heavy (non-hydrogen) atoms. The van der Waals surface area contributed by atoms with E-state index in [1.54, 1.807) is 0 Å². The number of rotatable bonds is 3. The van der Waals surface area contributed by atoms with Gasteiger partial charge in [-0.1, -0.05) is 20.8 Å². The molecule has 2 rings (SSSR count). The monoisotopic (exact) mass is 307 g/mol. The van der Waals surface area contributed by atoms with Gasteiger partial charge in [0.1, 0.15) is 17.4 Å². The van der Waals surface area contributed by atoms with Crippen LogP contribution in [-0.4, -0.2) is 43.9 Å². The van der Waals surface area contributed by atoms with Gasteiger partial charge in [0, 0.05) is 5.41 Å². The predicted molar refractivity (Wildman–Crippen MR) is 75.4 cm³/mol.